The Morgan fingerprint density at radius 3 is 2.81 bits per heavy atom. The zero-order valence-corrected chi connectivity index (χ0v) is 15.0. The maximum atomic E-state index is 10.3. The highest BCUT2D eigenvalue weighted by atomic mass is 32.2. The summed E-state index contributed by atoms with van der Waals surface area (Å²) in [6.45, 7) is 0. The van der Waals surface area contributed by atoms with Gasteiger partial charge in [-0.15, -0.1) is 0 Å². The molecule has 26 heavy (non-hydrogen) atoms. The normalized spacial score (nSPS) is 32.5. The van der Waals surface area contributed by atoms with Gasteiger partial charge in [0.25, 0.3) is 0 Å². The summed E-state index contributed by atoms with van der Waals surface area (Å²) in [6.07, 6.45) is 7.23. The molecule has 134 valence electrons. The number of aromatic nitrogens is 2. The number of rotatable bonds is 1. The number of aliphatic imine (C=N–C) groups is 1. The Bertz CT molecular complexity index is 875. The number of nitrogens with zero attached hydrogens (tertiary/aromatic N) is 3. The highest BCUT2D eigenvalue weighted by Crippen LogP contribution is 2.54. The van der Waals surface area contributed by atoms with E-state index in [1.807, 2.05) is 12.1 Å². The quantitative estimate of drug-likeness (QED) is 0.802. The molecule has 1 fully saturated rings. The Morgan fingerprint density at radius 2 is 2.04 bits per heavy atom. The molecular weight excluding hydrogens is 348 g/mol. The van der Waals surface area contributed by atoms with E-state index in [4.69, 9.17) is 15.5 Å². The summed E-state index contributed by atoms with van der Waals surface area (Å²) >= 11 is 1.59. The largest absolute Gasteiger partial charge is 0.490 e. The van der Waals surface area contributed by atoms with Crippen molar-refractivity contribution in [2.75, 3.05) is 5.75 Å². The minimum absolute atomic E-state index is 0.0760. The number of fused-ring (bicyclic) bond motifs is 4. The molecule has 7 heteroatoms. The van der Waals surface area contributed by atoms with Crippen molar-refractivity contribution in [2.24, 2.45) is 16.6 Å². The molecule has 6 nitrogen and oxygen atoms in total. The average molecular weight is 368 g/mol. The number of hydrogen-bond donors (Lipinski definition) is 2. The molecule has 4 atom stereocenters. The first-order valence-corrected chi connectivity index (χ1v) is 9.87. The van der Waals surface area contributed by atoms with Gasteiger partial charge in [0.1, 0.15) is 23.7 Å². The summed E-state index contributed by atoms with van der Waals surface area (Å²) < 4.78 is 6.34. The first-order valence-electron chi connectivity index (χ1n) is 8.88. The fourth-order valence-corrected chi connectivity index (χ4v) is 5.53. The Hall–Kier alpha value is -2.12. The lowest BCUT2D eigenvalue weighted by Crippen LogP contribution is -2.51. The summed E-state index contributed by atoms with van der Waals surface area (Å²) in [5, 5.41) is 10.9. The molecule has 1 spiro atoms. The van der Waals surface area contributed by atoms with Gasteiger partial charge in [-0.2, -0.15) is 0 Å². The molecule has 3 heterocycles. The second kappa shape index (κ2) is 5.96. The maximum Gasteiger partial charge on any atom is 0.154 e. The lowest BCUT2D eigenvalue weighted by molar-refractivity contribution is -0.0236. The average Bonchev–Trinajstić information content (AvgIpc) is 3.06. The van der Waals surface area contributed by atoms with E-state index in [9.17, 15) is 5.11 Å². The monoisotopic (exact) mass is 368 g/mol. The second-order valence-corrected chi connectivity index (χ2v) is 8.23. The number of ether oxygens (including phenoxy) is 1. The smallest absolute Gasteiger partial charge is 0.154 e. The molecule has 1 saturated carbocycles. The van der Waals surface area contributed by atoms with E-state index in [0.717, 1.165) is 41.0 Å². The van der Waals surface area contributed by atoms with Crippen LogP contribution in [0.2, 0.25) is 0 Å². The second-order valence-electron chi connectivity index (χ2n) is 7.23. The summed E-state index contributed by atoms with van der Waals surface area (Å²) in [7, 11) is 0. The first-order chi connectivity index (χ1) is 12.7. The number of nitrogens with two attached hydrogens (primary N) is 1. The van der Waals surface area contributed by atoms with Crippen LogP contribution < -0.4 is 10.5 Å². The highest BCUT2D eigenvalue weighted by molar-refractivity contribution is 8.14. The number of aliphatic hydroxyl groups is 1. The molecule has 0 saturated heterocycles. The Morgan fingerprint density at radius 1 is 1.19 bits per heavy atom. The van der Waals surface area contributed by atoms with E-state index >= 15 is 0 Å². The Labute approximate surface area is 155 Å². The van der Waals surface area contributed by atoms with Crippen molar-refractivity contribution in [1.82, 2.24) is 9.97 Å². The van der Waals surface area contributed by atoms with Crippen molar-refractivity contribution in [2.45, 2.75) is 37.0 Å². The van der Waals surface area contributed by atoms with Gasteiger partial charge in [0.05, 0.1) is 6.10 Å². The zero-order valence-electron chi connectivity index (χ0n) is 14.2. The minimum atomic E-state index is -0.431. The fraction of sp³-hybridized carbons (Fsp3) is 0.421. The molecule has 3 aliphatic rings. The van der Waals surface area contributed by atoms with Crippen molar-refractivity contribution >= 4 is 16.9 Å². The van der Waals surface area contributed by atoms with Gasteiger partial charge in [-0.3, -0.25) is 0 Å². The van der Waals surface area contributed by atoms with E-state index in [1.165, 1.54) is 6.33 Å². The molecule has 2 aromatic rings. The molecule has 2 aliphatic heterocycles. The molecule has 0 bridgehead atoms. The molecular formula is C19H20N4O2S. The SMILES string of the molecule is NC1=NC2(CS1)c1cc(-c3cncnc3)ccc1OC1CCC(O)C[C@@H]12. The van der Waals surface area contributed by atoms with Crippen LogP contribution >= 0.6 is 11.8 Å². The van der Waals surface area contributed by atoms with Gasteiger partial charge >= 0.3 is 0 Å². The number of amidine groups is 1. The lowest BCUT2D eigenvalue weighted by atomic mass is 9.68. The van der Waals surface area contributed by atoms with Crippen molar-refractivity contribution in [3.05, 3.63) is 42.5 Å². The molecule has 0 amide bonds. The number of benzene rings is 1. The Balaban J connectivity index is 1.67. The van der Waals surface area contributed by atoms with Crippen LogP contribution in [0.4, 0.5) is 0 Å². The summed E-state index contributed by atoms with van der Waals surface area (Å²) in [6, 6.07) is 6.20. The van der Waals surface area contributed by atoms with Crippen LogP contribution in [-0.2, 0) is 5.54 Å². The number of thioether (sulfide) groups is 1. The maximum absolute atomic E-state index is 10.3. The Kier molecular flexibility index (Phi) is 3.68. The molecule has 3 unspecified atom stereocenters. The van der Waals surface area contributed by atoms with Gasteiger partial charge in [-0.25, -0.2) is 15.0 Å². The molecule has 1 aliphatic carbocycles. The predicted molar refractivity (Wildman–Crippen MR) is 101 cm³/mol. The van der Waals surface area contributed by atoms with E-state index in [0.29, 0.717) is 11.6 Å². The van der Waals surface area contributed by atoms with Crippen LogP contribution in [-0.4, -0.2) is 38.2 Å². The third-order valence-corrected chi connectivity index (χ3v) is 6.71. The molecule has 1 aromatic carbocycles. The van der Waals surface area contributed by atoms with Crippen LogP contribution in [0.3, 0.4) is 0 Å². The van der Waals surface area contributed by atoms with Gasteiger partial charge < -0.3 is 15.6 Å². The summed E-state index contributed by atoms with van der Waals surface area (Å²) in [5.74, 6) is 1.80. The van der Waals surface area contributed by atoms with E-state index in [2.05, 4.69) is 16.0 Å². The first kappa shape index (κ1) is 16.1. The van der Waals surface area contributed by atoms with Gasteiger partial charge in [0.2, 0.25) is 0 Å². The fourth-order valence-electron chi connectivity index (χ4n) is 4.50. The van der Waals surface area contributed by atoms with Crippen LogP contribution in [0.15, 0.2) is 41.9 Å². The van der Waals surface area contributed by atoms with Crippen molar-refractivity contribution in [3.8, 4) is 16.9 Å². The summed E-state index contributed by atoms with van der Waals surface area (Å²) in [5.41, 5.74) is 8.71. The lowest BCUT2D eigenvalue weighted by Gasteiger charge is -2.48. The van der Waals surface area contributed by atoms with Crippen molar-refractivity contribution in [3.63, 3.8) is 0 Å². The van der Waals surface area contributed by atoms with Crippen LogP contribution in [0, 0.1) is 5.92 Å². The zero-order chi connectivity index (χ0) is 17.7. The molecule has 3 N–H and O–H groups in total. The van der Waals surface area contributed by atoms with E-state index < -0.39 is 5.54 Å². The van der Waals surface area contributed by atoms with E-state index in [1.54, 1.807) is 24.2 Å². The van der Waals surface area contributed by atoms with Crippen molar-refractivity contribution < 1.29 is 9.84 Å². The van der Waals surface area contributed by atoms with Crippen molar-refractivity contribution in [1.29, 1.82) is 0 Å². The van der Waals surface area contributed by atoms with Gasteiger partial charge in [0.15, 0.2) is 5.17 Å². The van der Waals surface area contributed by atoms with Crippen LogP contribution in [0.1, 0.15) is 24.8 Å². The molecule has 0 radical (unpaired) electrons. The number of hydrogen-bond acceptors (Lipinski definition) is 7. The third-order valence-electron chi connectivity index (χ3n) is 5.74. The van der Waals surface area contributed by atoms with Gasteiger partial charge in [0, 0.05) is 35.2 Å². The molecule has 1 aromatic heterocycles. The topological polar surface area (TPSA) is 93.6 Å². The summed E-state index contributed by atoms with van der Waals surface area (Å²) in [4.78, 5) is 13.2. The van der Waals surface area contributed by atoms with Crippen LogP contribution in [0.5, 0.6) is 5.75 Å². The third kappa shape index (κ3) is 2.41. The molecule has 5 rings (SSSR count). The minimum Gasteiger partial charge on any atom is -0.490 e. The standard InChI is InChI=1S/C19H20N4O2S/c20-18-23-19(9-26-18)14-5-11(12-7-21-10-22-8-12)1-3-16(14)25-17-4-2-13(24)6-15(17)19/h1,3,5,7-8,10,13,15,17,24H,2,4,6,9H2,(H2,20,23)/t13?,15-,17?,19?/m0/s1. The van der Waals surface area contributed by atoms with Gasteiger partial charge in [-0.1, -0.05) is 17.8 Å². The predicted octanol–water partition coefficient (Wildman–Crippen LogP) is 2.32. The van der Waals surface area contributed by atoms with E-state index in [-0.39, 0.29) is 18.1 Å². The number of aliphatic hydroxyl groups excluding tert-OH is 1. The van der Waals surface area contributed by atoms with Crippen LogP contribution in [0.25, 0.3) is 11.1 Å². The highest BCUT2D eigenvalue weighted by Gasteiger charge is 2.54. The van der Waals surface area contributed by atoms with Gasteiger partial charge in [-0.05, 0) is 37.0 Å².